The van der Waals surface area contributed by atoms with Crippen LogP contribution in [0.15, 0.2) is 0 Å². The lowest BCUT2D eigenvalue weighted by Crippen LogP contribution is -2.50. The summed E-state index contributed by atoms with van der Waals surface area (Å²) in [6.45, 7) is 5.30. The molecule has 0 radical (unpaired) electrons. The molecule has 0 saturated carbocycles. The standard InChI is InChI=1S/C15H28N2O4/c1-4-5-6-7-8-9-11(18)10-12(19)17-14(21)16-13(20)15(17,2)3/h11-12,18-19H,4-10H2,1-3H3,(H,16,20,21). The van der Waals surface area contributed by atoms with Gasteiger partial charge in [0.05, 0.1) is 6.10 Å². The molecule has 21 heavy (non-hydrogen) atoms. The predicted octanol–water partition coefficient (Wildman–Crippen LogP) is 1.75. The van der Waals surface area contributed by atoms with Gasteiger partial charge in [-0.25, -0.2) is 4.79 Å². The average molecular weight is 300 g/mol. The molecule has 0 spiro atoms. The van der Waals surface area contributed by atoms with E-state index in [1.165, 1.54) is 12.8 Å². The zero-order valence-corrected chi connectivity index (χ0v) is 13.3. The summed E-state index contributed by atoms with van der Waals surface area (Å²) in [6, 6.07) is -0.604. The Balaban J connectivity index is 2.40. The first kappa shape index (κ1) is 17.9. The number of carbonyl (C=O) groups is 2. The second-order valence-corrected chi connectivity index (χ2v) is 6.26. The van der Waals surface area contributed by atoms with Gasteiger partial charge in [0.15, 0.2) is 0 Å². The number of nitrogens with zero attached hydrogens (tertiary/aromatic N) is 1. The Morgan fingerprint density at radius 2 is 1.76 bits per heavy atom. The summed E-state index contributed by atoms with van der Waals surface area (Å²) in [7, 11) is 0. The van der Waals surface area contributed by atoms with Crippen LogP contribution in [0, 0.1) is 0 Å². The molecule has 0 aromatic carbocycles. The number of aliphatic hydroxyl groups is 2. The molecule has 1 rings (SSSR count). The number of rotatable bonds is 9. The molecule has 6 heteroatoms. The minimum atomic E-state index is -1.16. The Kier molecular flexibility index (Phi) is 6.61. The third-order valence-electron chi connectivity index (χ3n) is 4.02. The van der Waals surface area contributed by atoms with E-state index in [2.05, 4.69) is 12.2 Å². The first-order valence-corrected chi connectivity index (χ1v) is 7.81. The summed E-state index contributed by atoms with van der Waals surface area (Å²) in [5, 5.41) is 22.3. The molecule has 6 nitrogen and oxygen atoms in total. The maximum atomic E-state index is 11.7. The van der Waals surface area contributed by atoms with Gasteiger partial charge in [-0.1, -0.05) is 39.0 Å². The topological polar surface area (TPSA) is 89.9 Å². The van der Waals surface area contributed by atoms with E-state index in [1.807, 2.05) is 0 Å². The Labute approximate surface area is 126 Å². The second-order valence-electron chi connectivity index (χ2n) is 6.26. The Bertz CT molecular complexity index is 371. The van der Waals surface area contributed by atoms with Crippen molar-refractivity contribution in [2.45, 2.75) is 83.6 Å². The van der Waals surface area contributed by atoms with Gasteiger partial charge in [0.2, 0.25) is 0 Å². The number of aliphatic hydroxyl groups excluding tert-OH is 2. The van der Waals surface area contributed by atoms with Crippen LogP contribution in [0.4, 0.5) is 4.79 Å². The molecular weight excluding hydrogens is 272 g/mol. The predicted molar refractivity (Wildman–Crippen MR) is 79.5 cm³/mol. The monoisotopic (exact) mass is 300 g/mol. The molecule has 1 aliphatic rings. The lowest BCUT2D eigenvalue weighted by atomic mass is 10.0. The quantitative estimate of drug-likeness (QED) is 0.447. The van der Waals surface area contributed by atoms with Crippen LogP contribution in [0.5, 0.6) is 0 Å². The fourth-order valence-corrected chi connectivity index (χ4v) is 2.63. The third kappa shape index (κ3) is 4.68. The Morgan fingerprint density at radius 1 is 1.14 bits per heavy atom. The minimum Gasteiger partial charge on any atom is -0.393 e. The molecule has 3 N–H and O–H groups in total. The van der Waals surface area contributed by atoms with Gasteiger partial charge in [0, 0.05) is 6.42 Å². The molecule has 1 aliphatic heterocycles. The number of hydrogen-bond donors (Lipinski definition) is 3. The van der Waals surface area contributed by atoms with Crippen molar-refractivity contribution in [1.82, 2.24) is 10.2 Å². The highest BCUT2D eigenvalue weighted by molar-refractivity contribution is 6.06. The summed E-state index contributed by atoms with van der Waals surface area (Å²) >= 11 is 0. The maximum Gasteiger partial charge on any atom is 0.327 e. The fraction of sp³-hybridized carbons (Fsp3) is 0.867. The van der Waals surface area contributed by atoms with E-state index in [0.29, 0.717) is 6.42 Å². The largest absolute Gasteiger partial charge is 0.393 e. The normalized spacial score (nSPS) is 20.5. The highest BCUT2D eigenvalue weighted by atomic mass is 16.3. The highest BCUT2D eigenvalue weighted by Gasteiger charge is 2.48. The minimum absolute atomic E-state index is 0.0674. The van der Waals surface area contributed by atoms with E-state index in [9.17, 15) is 19.8 Å². The summed E-state index contributed by atoms with van der Waals surface area (Å²) in [5.41, 5.74) is -1.09. The molecule has 0 aromatic heterocycles. The zero-order valence-electron chi connectivity index (χ0n) is 13.3. The molecule has 1 saturated heterocycles. The number of nitrogens with one attached hydrogen (secondary N) is 1. The molecule has 2 atom stereocenters. The van der Waals surface area contributed by atoms with Crippen LogP contribution in [0.1, 0.15) is 65.7 Å². The van der Waals surface area contributed by atoms with Gasteiger partial charge in [0.1, 0.15) is 11.8 Å². The SMILES string of the molecule is CCCCCCCC(O)CC(O)N1C(=O)NC(=O)C1(C)C. The van der Waals surface area contributed by atoms with Crippen LogP contribution in [0.25, 0.3) is 0 Å². The number of amides is 3. The van der Waals surface area contributed by atoms with E-state index in [-0.39, 0.29) is 6.42 Å². The van der Waals surface area contributed by atoms with E-state index in [0.717, 1.165) is 24.2 Å². The van der Waals surface area contributed by atoms with E-state index in [4.69, 9.17) is 0 Å². The summed E-state index contributed by atoms with van der Waals surface area (Å²) in [4.78, 5) is 24.4. The van der Waals surface area contributed by atoms with Crippen molar-refractivity contribution in [3.05, 3.63) is 0 Å². The molecule has 2 unspecified atom stereocenters. The molecule has 1 fully saturated rings. The number of imide groups is 1. The van der Waals surface area contributed by atoms with Crippen LogP contribution in [-0.2, 0) is 4.79 Å². The Morgan fingerprint density at radius 3 is 2.29 bits per heavy atom. The van der Waals surface area contributed by atoms with Crippen LogP contribution in [0.2, 0.25) is 0 Å². The molecule has 3 amide bonds. The van der Waals surface area contributed by atoms with Gasteiger partial charge in [-0.15, -0.1) is 0 Å². The summed E-state index contributed by atoms with van der Waals surface area (Å²) in [5.74, 6) is -0.430. The molecule has 0 aromatic rings. The van der Waals surface area contributed by atoms with Crippen molar-refractivity contribution >= 4 is 11.9 Å². The Hall–Kier alpha value is -1.14. The molecule has 1 heterocycles. The van der Waals surface area contributed by atoms with Gasteiger partial charge in [0.25, 0.3) is 5.91 Å². The van der Waals surface area contributed by atoms with Gasteiger partial charge >= 0.3 is 6.03 Å². The molecule has 0 aliphatic carbocycles. The van der Waals surface area contributed by atoms with Gasteiger partial charge in [-0.2, -0.15) is 0 Å². The van der Waals surface area contributed by atoms with Crippen molar-refractivity contribution in [2.24, 2.45) is 0 Å². The van der Waals surface area contributed by atoms with Gasteiger partial charge < -0.3 is 10.2 Å². The molecular formula is C15H28N2O4. The van der Waals surface area contributed by atoms with Crippen molar-refractivity contribution in [1.29, 1.82) is 0 Å². The lowest BCUT2D eigenvalue weighted by molar-refractivity contribution is -0.129. The van der Waals surface area contributed by atoms with E-state index in [1.54, 1.807) is 13.8 Å². The third-order valence-corrected chi connectivity index (χ3v) is 4.02. The van der Waals surface area contributed by atoms with E-state index >= 15 is 0 Å². The maximum absolute atomic E-state index is 11.7. The summed E-state index contributed by atoms with van der Waals surface area (Å²) < 4.78 is 0. The van der Waals surface area contributed by atoms with Gasteiger partial charge in [-0.05, 0) is 20.3 Å². The number of hydrogen-bond acceptors (Lipinski definition) is 4. The summed E-state index contributed by atoms with van der Waals surface area (Å²) in [6.07, 6.45) is 4.34. The zero-order chi connectivity index (χ0) is 16.0. The van der Waals surface area contributed by atoms with Crippen molar-refractivity contribution in [3.8, 4) is 0 Å². The van der Waals surface area contributed by atoms with Crippen LogP contribution in [-0.4, -0.2) is 44.9 Å². The molecule has 122 valence electrons. The highest BCUT2D eigenvalue weighted by Crippen LogP contribution is 2.25. The first-order valence-electron chi connectivity index (χ1n) is 7.81. The smallest absolute Gasteiger partial charge is 0.327 e. The van der Waals surface area contributed by atoms with Crippen molar-refractivity contribution < 1.29 is 19.8 Å². The lowest BCUT2D eigenvalue weighted by Gasteiger charge is -2.33. The first-order chi connectivity index (χ1) is 9.80. The average Bonchev–Trinajstić information content (AvgIpc) is 2.57. The number of urea groups is 1. The van der Waals surface area contributed by atoms with Crippen LogP contribution >= 0.6 is 0 Å². The van der Waals surface area contributed by atoms with E-state index < -0.39 is 29.8 Å². The molecule has 0 bridgehead atoms. The van der Waals surface area contributed by atoms with Crippen LogP contribution < -0.4 is 5.32 Å². The number of unbranched alkanes of at least 4 members (excludes halogenated alkanes) is 4. The fourth-order valence-electron chi connectivity index (χ4n) is 2.63. The van der Waals surface area contributed by atoms with Crippen LogP contribution in [0.3, 0.4) is 0 Å². The van der Waals surface area contributed by atoms with Crippen molar-refractivity contribution in [2.75, 3.05) is 0 Å². The van der Waals surface area contributed by atoms with Crippen molar-refractivity contribution in [3.63, 3.8) is 0 Å². The second kappa shape index (κ2) is 7.75. The number of carbonyl (C=O) groups excluding carboxylic acids is 2. The van der Waals surface area contributed by atoms with Gasteiger partial charge in [-0.3, -0.25) is 15.0 Å².